The van der Waals surface area contributed by atoms with Crippen molar-refractivity contribution >= 4 is 16.7 Å². The molecule has 0 aliphatic rings. The molecule has 0 saturated heterocycles. The van der Waals surface area contributed by atoms with Gasteiger partial charge in [0.05, 0.1) is 30.2 Å². The third-order valence-electron chi connectivity index (χ3n) is 5.20. The topological polar surface area (TPSA) is 57.5 Å². The number of pyridine rings is 1. The Labute approximate surface area is 184 Å². The first-order chi connectivity index (χ1) is 15.5. The van der Waals surface area contributed by atoms with Crippen LogP contribution in [-0.4, -0.2) is 24.1 Å². The van der Waals surface area contributed by atoms with Crippen LogP contribution in [0.4, 0.5) is 4.39 Å². The van der Waals surface area contributed by atoms with Gasteiger partial charge >= 0.3 is 0 Å². The molecule has 162 valence electrons. The zero-order valence-electron chi connectivity index (χ0n) is 17.8. The van der Waals surface area contributed by atoms with Gasteiger partial charge in [0.2, 0.25) is 5.43 Å². The number of benzene rings is 3. The van der Waals surface area contributed by atoms with Crippen molar-refractivity contribution in [2.45, 2.75) is 13.5 Å². The fraction of sp³-hybridized carbons (Fsp3) is 0.154. The molecule has 0 radical (unpaired) electrons. The summed E-state index contributed by atoms with van der Waals surface area (Å²) in [5.74, 6) is 0.421. The molecule has 0 aliphatic carbocycles. The summed E-state index contributed by atoms with van der Waals surface area (Å²) in [7, 11) is 1.52. The number of halogens is 1. The van der Waals surface area contributed by atoms with Gasteiger partial charge in [-0.15, -0.1) is 0 Å². The number of fused-ring (bicyclic) bond motifs is 1. The fourth-order valence-electron chi connectivity index (χ4n) is 3.65. The monoisotopic (exact) mass is 431 g/mol. The molecule has 0 bridgehead atoms. The second-order valence-electron chi connectivity index (χ2n) is 7.30. The molecule has 4 rings (SSSR count). The standard InChI is InChI=1S/C26H22FNO4/c1-3-32-20-9-7-18(8-10-20)25(29)23-16-28(15-17-5-4-6-19(27)13-17)24-12-11-21(31-2)14-22(24)26(23)30/h4-14,16H,3,15H2,1-2H3. The summed E-state index contributed by atoms with van der Waals surface area (Å²) in [4.78, 5) is 26.5. The van der Waals surface area contributed by atoms with Gasteiger partial charge < -0.3 is 14.0 Å². The van der Waals surface area contributed by atoms with Crippen molar-refractivity contribution in [3.05, 3.63) is 106 Å². The normalized spacial score (nSPS) is 10.8. The number of methoxy groups -OCH3 is 1. The molecule has 6 heteroatoms. The van der Waals surface area contributed by atoms with Gasteiger partial charge in [-0.05, 0) is 67.1 Å². The molecule has 32 heavy (non-hydrogen) atoms. The Morgan fingerprint density at radius 3 is 2.44 bits per heavy atom. The fourth-order valence-corrected chi connectivity index (χ4v) is 3.65. The van der Waals surface area contributed by atoms with E-state index in [-0.39, 0.29) is 16.8 Å². The lowest BCUT2D eigenvalue weighted by Crippen LogP contribution is -2.20. The van der Waals surface area contributed by atoms with Crippen molar-refractivity contribution in [3.63, 3.8) is 0 Å². The predicted octanol–water partition coefficient (Wildman–Crippen LogP) is 4.83. The van der Waals surface area contributed by atoms with Crippen LogP contribution >= 0.6 is 0 Å². The second-order valence-corrected chi connectivity index (χ2v) is 7.30. The Bertz CT molecular complexity index is 1340. The molecule has 0 aliphatic heterocycles. The average molecular weight is 431 g/mol. The molecule has 0 N–H and O–H groups in total. The molecule has 0 unspecified atom stereocenters. The Kier molecular flexibility index (Phi) is 6.03. The van der Waals surface area contributed by atoms with Crippen molar-refractivity contribution in [2.24, 2.45) is 0 Å². The molecule has 0 amide bonds. The van der Waals surface area contributed by atoms with E-state index >= 15 is 0 Å². The molecule has 0 atom stereocenters. The highest BCUT2D eigenvalue weighted by molar-refractivity contribution is 6.10. The zero-order valence-corrected chi connectivity index (χ0v) is 17.8. The largest absolute Gasteiger partial charge is 0.497 e. The zero-order chi connectivity index (χ0) is 22.7. The van der Waals surface area contributed by atoms with Gasteiger partial charge in [-0.3, -0.25) is 9.59 Å². The van der Waals surface area contributed by atoms with E-state index in [1.807, 2.05) is 6.92 Å². The van der Waals surface area contributed by atoms with E-state index < -0.39 is 5.78 Å². The van der Waals surface area contributed by atoms with Gasteiger partial charge in [0.1, 0.15) is 17.3 Å². The molecule has 0 fully saturated rings. The van der Waals surface area contributed by atoms with E-state index in [9.17, 15) is 14.0 Å². The van der Waals surface area contributed by atoms with Crippen LogP contribution in [0.3, 0.4) is 0 Å². The smallest absolute Gasteiger partial charge is 0.200 e. The Balaban J connectivity index is 1.85. The van der Waals surface area contributed by atoms with Crippen LogP contribution in [0.15, 0.2) is 77.7 Å². The van der Waals surface area contributed by atoms with Crippen molar-refractivity contribution in [1.29, 1.82) is 0 Å². The minimum Gasteiger partial charge on any atom is -0.497 e. The summed E-state index contributed by atoms with van der Waals surface area (Å²) in [6.45, 7) is 2.69. The van der Waals surface area contributed by atoms with E-state index in [0.717, 1.165) is 0 Å². The van der Waals surface area contributed by atoms with E-state index in [1.165, 1.54) is 19.2 Å². The first kappa shape index (κ1) is 21.3. The predicted molar refractivity (Wildman–Crippen MR) is 121 cm³/mol. The van der Waals surface area contributed by atoms with Crippen LogP contribution < -0.4 is 14.9 Å². The lowest BCUT2D eigenvalue weighted by atomic mass is 10.0. The number of carbonyl (C=O) groups is 1. The average Bonchev–Trinajstić information content (AvgIpc) is 2.81. The number of hydrogen-bond donors (Lipinski definition) is 0. The number of aromatic nitrogens is 1. The van der Waals surface area contributed by atoms with Crippen molar-refractivity contribution in [1.82, 2.24) is 4.57 Å². The van der Waals surface area contributed by atoms with E-state index in [2.05, 4.69) is 0 Å². The number of nitrogens with zero attached hydrogens (tertiary/aromatic N) is 1. The highest BCUT2D eigenvalue weighted by Crippen LogP contribution is 2.22. The quantitative estimate of drug-likeness (QED) is 0.394. The molecule has 5 nitrogen and oxygen atoms in total. The van der Waals surface area contributed by atoms with Crippen LogP contribution in [0.25, 0.3) is 10.9 Å². The van der Waals surface area contributed by atoms with E-state index in [1.54, 1.807) is 65.4 Å². The summed E-state index contributed by atoms with van der Waals surface area (Å²) >= 11 is 0. The first-order valence-corrected chi connectivity index (χ1v) is 10.2. The molecule has 1 aromatic heterocycles. The van der Waals surface area contributed by atoms with Gasteiger partial charge in [0.15, 0.2) is 5.78 Å². The van der Waals surface area contributed by atoms with Crippen LogP contribution in [0.5, 0.6) is 11.5 Å². The molecule has 1 heterocycles. The van der Waals surface area contributed by atoms with Gasteiger partial charge in [0, 0.05) is 18.3 Å². The van der Waals surface area contributed by atoms with Crippen LogP contribution in [0, 0.1) is 5.82 Å². The van der Waals surface area contributed by atoms with Crippen molar-refractivity contribution in [2.75, 3.05) is 13.7 Å². The molecule has 3 aromatic carbocycles. The molecule has 0 spiro atoms. The molecule has 0 saturated carbocycles. The minimum atomic E-state index is -0.393. The van der Waals surface area contributed by atoms with Gasteiger partial charge in [-0.1, -0.05) is 12.1 Å². The molecular weight excluding hydrogens is 409 g/mol. The van der Waals surface area contributed by atoms with E-state index in [0.29, 0.717) is 46.7 Å². The third kappa shape index (κ3) is 4.25. The Morgan fingerprint density at radius 2 is 1.75 bits per heavy atom. The van der Waals surface area contributed by atoms with Gasteiger partial charge in [0.25, 0.3) is 0 Å². The number of rotatable bonds is 7. The van der Waals surface area contributed by atoms with Crippen LogP contribution in [0.2, 0.25) is 0 Å². The summed E-state index contributed by atoms with van der Waals surface area (Å²) in [6.07, 6.45) is 1.54. The SMILES string of the molecule is CCOc1ccc(C(=O)c2cn(Cc3cccc(F)c3)c3ccc(OC)cc3c2=O)cc1. The number of ether oxygens (including phenoxy) is 2. The third-order valence-corrected chi connectivity index (χ3v) is 5.20. The number of carbonyl (C=O) groups excluding carboxylic acids is 1. The summed E-state index contributed by atoms with van der Waals surface area (Å²) < 4.78 is 26.2. The maximum Gasteiger partial charge on any atom is 0.200 e. The van der Waals surface area contributed by atoms with Crippen LogP contribution in [-0.2, 0) is 6.54 Å². The number of hydrogen-bond acceptors (Lipinski definition) is 4. The Hall–Kier alpha value is -3.93. The van der Waals surface area contributed by atoms with Gasteiger partial charge in [-0.2, -0.15) is 0 Å². The summed E-state index contributed by atoms with van der Waals surface area (Å²) in [5, 5.41) is 0.359. The molecular formula is C26H22FNO4. The lowest BCUT2D eigenvalue weighted by Gasteiger charge is -2.14. The maximum absolute atomic E-state index is 13.7. The van der Waals surface area contributed by atoms with E-state index in [4.69, 9.17) is 9.47 Å². The van der Waals surface area contributed by atoms with Gasteiger partial charge in [-0.25, -0.2) is 4.39 Å². The summed E-state index contributed by atoms with van der Waals surface area (Å²) in [5.41, 5.74) is 1.37. The Morgan fingerprint density at radius 1 is 1.00 bits per heavy atom. The molecule has 4 aromatic rings. The number of ketones is 1. The van der Waals surface area contributed by atoms with Crippen LogP contribution in [0.1, 0.15) is 28.4 Å². The maximum atomic E-state index is 13.7. The highest BCUT2D eigenvalue weighted by Gasteiger charge is 2.18. The summed E-state index contributed by atoms with van der Waals surface area (Å²) in [6, 6.07) is 18.0. The second kappa shape index (κ2) is 9.06. The van der Waals surface area contributed by atoms with Crippen molar-refractivity contribution < 1.29 is 18.7 Å². The minimum absolute atomic E-state index is 0.0336. The lowest BCUT2D eigenvalue weighted by molar-refractivity contribution is 0.103. The van der Waals surface area contributed by atoms with Crippen molar-refractivity contribution in [3.8, 4) is 11.5 Å². The first-order valence-electron chi connectivity index (χ1n) is 10.2. The highest BCUT2D eigenvalue weighted by atomic mass is 19.1.